The molecule has 122 valence electrons. The highest BCUT2D eigenvalue weighted by Gasteiger charge is 2.25. The zero-order valence-electron chi connectivity index (χ0n) is 13.8. The van der Waals surface area contributed by atoms with Crippen molar-refractivity contribution in [3.8, 4) is 11.4 Å². The Bertz CT molecular complexity index is 845. The summed E-state index contributed by atoms with van der Waals surface area (Å²) in [6.45, 7) is 4.01. The van der Waals surface area contributed by atoms with E-state index in [-0.39, 0.29) is 6.04 Å². The SMILES string of the molecule is C=C[C@@H](C1CCCCC1)n1nnc(-c2ccc3ccccc3c2)n1. The van der Waals surface area contributed by atoms with Crippen LogP contribution in [0.3, 0.4) is 0 Å². The Morgan fingerprint density at radius 1 is 1.04 bits per heavy atom. The van der Waals surface area contributed by atoms with Crippen molar-refractivity contribution >= 4 is 10.8 Å². The summed E-state index contributed by atoms with van der Waals surface area (Å²) in [7, 11) is 0. The van der Waals surface area contributed by atoms with E-state index in [2.05, 4.69) is 58.4 Å². The van der Waals surface area contributed by atoms with Crippen molar-refractivity contribution in [2.45, 2.75) is 38.1 Å². The molecule has 1 heterocycles. The highest BCUT2D eigenvalue weighted by Crippen LogP contribution is 2.33. The van der Waals surface area contributed by atoms with Crippen LogP contribution in [0.25, 0.3) is 22.2 Å². The van der Waals surface area contributed by atoms with Gasteiger partial charge < -0.3 is 0 Å². The molecule has 1 atom stereocenters. The molecule has 0 saturated heterocycles. The van der Waals surface area contributed by atoms with Crippen LogP contribution in [0, 0.1) is 5.92 Å². The van der Waals surface area contributed by atoms with Gasteiger partial charge in [-0.15, -0.1) is 16.8 Å². The maximum Gasteiger partial charge on any atom is 0.204 e. The van der Waals surface area contributed by atoms with Gasteiger partial charge in [-0.05, 0) is 40.8 Å². The minimum atomic E-state index is 0.145. The summed E-state index contributed by atoms with van der Waals surface area (Å²) in [5, 5.41) is 15.7. The van der Waals surface area contributed by atoms with Crippen LogP contribution in [-0.4, -0.2) is 20.2 Å². The first-order valence-corrected chi connectivity index (χ1v) is 8.76. The molecule has 1 aromatic heterocycles. The van der Waals surface area contributed by atoms with Gasteiger partial charge in [0.25, 0.3) is 0 Å². The van der Waals surface area contributed by atoms with Crippen molar-refractivity contribution in [2.75, 3.05) is 0 Å². The van der Waals surface area contributed by atoms with E-state index in [1.54, 1.807) is 4.80 Å². The zero-order chi connectivity index (χ0) is 16.4. The van der Waals surface area contributed by atoms with Crippen LogP contribution >= 0.6 is 0 Å². The van der Waals surface area contributed by atoms with Gasteiger partial charge in [0.2, 0.25) is 5.82 Å². The van der Waals surface area contributed by atoms with Gasteiger partial charge in [0.05, 0.1) is 6.04 Å². The number of hydrogen-bond acceptors (Lipinski definition) is 3. The van der Waals surface area contributed by atoms with Crippen LogP contribution in [0.15, 0.2) is 55.1 Å². The Morgan fingerprint density at radius 2 is 1.83 bits per heavy atom. The minimum Gasteiger partial charge on any atom is -0.157 e. The van der Waals surface area contributed by atoms with Crippen LogP contribution in [0.4, 0.5) is 0 Å². The van der Waals surface area contributed by atoms with Crippen molar-refractivity contribution in [3.63, 3.8) is 0 Å². The monoisotopic (exact) mass is 318 g/mol. The number of hydrogen-bond donors (Lipinski definition) is 0. The second-order valence-corrected chi connectivity index (χ2v) is 6.62. The Labute approximate surface area is 142 Å². The molecule has 0 amide bonds. The molecule has 4 heteroatoms. The first-order valence-electron chi connectivity index (χ1n) is 8.76. The van der Waals surface area contributed by atoms with Crippen LogP contribution in [0.1, 0.15) is 38.1 Å². The first kappa shape index (κ1) is 15.1. The number of aromatic nitrogens is 4. The van der Waals surface area contributed by atoms with Crippen molar-refractivity contribution < 1.29 is 0 Å². The summed E-state index contributed by atoms with van der Waals surface area (Å²) >= 11 is 0. The Hall–Kier alpha value is -2.49. The normalized spacial score (nSPS) is 17.0. The molecule has 0 unspecified atom stereocenters. The van der Waals surface area contributed by atoms with Gasteiger partial charge in [-0.1, -0.05) is 61.7 Å². The Morgan fingerprint density at radius 3 is 2.62 bits per heavy atom. The van der Waals surface area contributed by atoms with E-state index in [1.807, 2.05) is 12.1 Å². The lowest BCUT2D eigenvalue weighted by Crippen LogP contribution is -2.22. The van der Waals surface area contributed by atoms with Crippen LogP contribution < -0.4 is 0 Å². The van der Waals surface area contributed by atoms with E-state index in [0.29, 0.717) is 11.7 Å². The lowest BCUT2D eigenvalue weighted by atomic mass is 9.84. The number of rotatable bonds is 4. The summed E-state index contributed by atoms with van der Waals surface area (Å²) in [4.78, 5) is 1.76. The Kier molecular flexibility index (Phi) is 4.11. The molecule has 0 bridgehead atoms. The predicted molar refractivity (Wildman–Crippen MR) is 96.6 cm³/mol. The van der Waals surface area contributed by atoms with E-state index in [1.165, 1.54) is 42.9 Å². The molecule has 3 aromatic rings. The van der Waals surface area contributed by atoms with Crippen LogP contribution in [0.2, 0.25) is 0 Å². The van der Waals surface area contributed by atoms with E-state index < -0.39 is 0 Å². The maximum atomic E-state index is 4.66. The molecule has 24 heavy (non-hydrogen) atoms. The molecule has 0 spiro atoms. The van der Waals surface area contributed by atoms with Gasteiger partial charge in [-0.2, -0.15) is 4.80 Å². The highest BCUT2D eigenvalue weighted by atomic mass is 15.6. The number of fused-ring (bicyclic) bond motifs is 1. The van der Waals surface area contributed by atoms with Gasteiger partial charge in [-0.3, -0.25) is 0 Å². The average molecular weight is 318 g/mol. The fraction of sp³-hybridized carbons (Fsp3) is 0.350. The largest absolute Gasteiger partial charge is 0.204 e. The number of nitrogens with zero attached hydrogens (tertiary/aromatic N) is 4. The van der Waals surface area contributed by atoms with Crippen LogP contribution in [-0.2, 0) is 0 Å². The van der Waals surface area contributed by atoms with Crippen molar-refractivity contribution in [1.29, 1.82) is 0 Å². The van der Waals surface area contributed by atoms with Gasteiger partial charge >= 0.3 is 0 Å². The average Bonchev–Trinajstić information content (AvgIpc) is 3.13. The predicted octanol–water partition coefficient (Wildman–Crippen LogP) is 4.80. The summed E-state index contributed by atoms with van der Waals surface area (Å²) < 4.78 is 0. The van der Waals surface area contributed by atoms with E-state index in [4.69, 9.17) is 0 Å². The van der Waals surface area contributed by atoms with E-state index in [0.717, 1.165) is 5.56 Å². The molecule has 4 rings (SSSR count). The van der Waals surface area contributed by atoms with Gasteiger partial charge in [0, 0.05) is 5.56 Å². The second-order valence-electron chi connectivity index (χ2n) is 6.62. The fourth-order valence-corrected chi connectivity index (χ4v) is 3.75. The molecule has 1 saturated carbocycles. The molecule has 1 aliphatic carbocycles. The quantitative estimate of drug-likeness (QED) is 0.649. The lowest BCUT2D eigenvalue weighted by molar-refractivity contribution is 0.254. The van der Waals surface area contributed by atoms with Gasteiger partial charge in [-0.25, -0.2) is 0 Å². The second kappa shape index (κ2) is 6.56. The third-order valence-corrected chi connectivity index (χ3v) is 5.08. The molecule has 0 N–H and O–H groups in total. The topological polar surface area (TPSA) is 43.6 Å². The summed E-state index contributed by atoms with van der Waals surface area (Å²) in [5.41, 5.74) is 1.01. The van der Waals surface area contributed by atoms with E-state index in [9.17, 15) is 0 Å². The van der Waals surface area contributed by atoms with Crippen molar-refractivity contribution in [2.24, 2.45) is 5.92 Å². The molecule has 1 fully saturated rings. The standard InChI is InChI=1S/C20H22N4/c1-2-19(16-9-4-3-5-10-16)24-22-20(21-23-24)18-13-12-15-8-6-7-11-17(15)14-18/h2,6-8,11-14,16,19H,1,3-5,9-10H2/t19-/m0/s1. The molecule has 2 aromatic carbocycles. The van der Waals surface area contributed by atoms with Gasteiger partial charge in [0.15, 0.2) is 0 Å². The summed E-state index contributed by atoms with van der Waals surface area (Å²) in [6.07, 6.45) is 8.35. The smallest absolute Gasteiger partial charge is 0.157 e. The number of allylic oxidation sites excluding steroid dienone is 1. The van der Waals surface area contributed by atoms with Gasteiger partial charge in [0.1, 0.15) is 0 Å². The third kappa shape index (κ3) is 2.84. The fourth-order valence-electron chi connectivity index (χ4n) is 3.75. The number of benzene rings is 2. The number of tetrazole rings is 1. The van der Waals surface area contributed by atoms with Crippen molar-refractivity contribution in [1.82, 2.24) is 20.2 Å². The third-order valence-electron chi connectivity index (χ3n) is 5.08. The Balaban J connectivity index is 1.63. The molecule has 0 aliphatic heterocycles. The summed E-state index contributed by atoms with van der Waals surface area (Å²) in [5.74, 6) is 1.26. The molecular weight excluding hydrogens is 296 g/mol. The maximum absolute atomic E-state index is 4.66. The summed E-state index contributed by atoms with van der Waals surface area (Å²) in [6, 6.07) is 14.8. The zero-order valence-corrected chi connectivity index (χ0v) is 13.8. The highest BCUT2D eigenvalue weighted by molar-refractivity contribution is 5.86. The molecular formula is C20H22N4. The molecule has 0 radical (unpaired) electrons. The molecule has 4 nitrogen and oxygen atoms in total. The lowest BCUT2D eigenvalue weighted by Gasteiger charge is -2.26. The van der Waals surface area contributed by atoms with E-state index >= 15 is 0 Å². The van der Waals surface area contributed by atoms with Crippen molar-refractivity contribution in [3.05, 3.63) is 55.1 Å². The van der Waals surface area contributed by atoms with Crippen LogP contribution in [0.5, 0.6) is 0 Å². The first-order chi connectivity index (χ1) is 11.8. The minimum absolute atomic E-state index is 0.145. The molecule has 1 aliphatic rings.